The van der Waals surface area contributed by atoms with Gasteiger partial charge in [-0.2, -0.15) is 0 Å². The number of methoxy groups -OCH3 is 2. The minimum absolute atomic E-state index is 0.0489. The van der Waals surface area contributed by atoms with Gasteiger partial charge in [-0.15, -0.1) is 0 Å². The molecule has 2 spiro atoms. The van der Waals surface area contributed by atoms with Crippen LogP contribution in [0.4, 0.5) is 0 Å². The van der Waals surface area contributed by atoms with E-state index in [0.717, 1.165) is 47.7 Å². The van der Waals surface area contributed by atoms with E-state index in [1.807, 2.05) is 0 Å². The van der Waals surface area contributed by atoms with Gasteiger partial charge in [-0.05, 0) is 70.2 Å². The van der Waals surface area contributed by atoms with Crippen LogP contribution < -0.4 is 14.2 Å². The van der Waals surface area contributed by atoms with E-state index in [0.29, 0.717) is 0 Å². The van der Waals surface area contributed by atoms with Crippen LogP contribution in [-0.4, -0.2) is 155 Å². The standard InChI is InChI=1S/C59H62N2O23/c1-28-29(2)49(65)81-46-44(80-50(66)33-16-13-12-14-17-33)48(78-31(4)63)58-27-76-53(69)37-24-60-21-19-34(37)25-74-42-38(72-10)22-35(23-39(42)73-11)51(67)79-43(47(58)82-54(70)55(6,7)83-32(5)64)40-45(77-30(3)62)59(58,57(46,9)71)84-56(40,8)26-75-52(68)36-18-15-20-61-41(28)36/h12-24,28-29,40,43-48,71H,25-27H2,1-11H3. The molecule has 0 amide bonds. The number of carbonyl (C=O) groups is 9. The minimum Gasteiger partial charge on any atom is -0.493 e. The van der Waals surface area contributed by atoms with Crippen molar-refractivity contribution >= 4 is 53.7 Å². The summed E-state index contributed by atoms with van der Waals surface area (Å²) < 4.78 is 82.1. The maximum atomic E-state index is 15.5. The number of aromatic nitrogens is 2. The van der Waals surface area contributed by atoms with Crippen LogP contribution in [0, 0.1) is 17.3 Å². The molecule has 2 aliphatic carbocycles. The van der Waals surface area contributed by atoms with E-state index in [4.69, 9.17) is 61.6 Å². The number of hydrogen-bond acceptors (Lipinski definition) is 25. The van der Waals surface area contributed by atoms with E-state index >= 15 is 19.2 Å². The minimum atomic E-state index is -3.13. The van der Waals surface area contributed by atoms with Crippen LogP contribution >= 0.6 is 0 Å². The van der Waals surface area contributed by atoms with Crippen molar-refractivity contribution in [2.45, 2.75) is 134 Å². The summed E-state index contributed by atoms with van der Waals surface area (Å²) >= 11 is 0. The van der Waals surface area contributed by atoms with Crippen molar-refractivity contribution in [2.75, 3.05) is 27.4 Å². The van der Waals surface area contributed by atoms with Gasteiger partial charge < -0.3 is 66.7 Å². The van der Waals surface area contributed by atoms with E-state index < -0.39 is 156 Å². The molecule has 13 atom stereocenters. The number of cyclic esters (lactones) is 1. The van der Waals surface area contributed by atoms with Gasteiger partial charge in [0.25, 0.3) is 0 Å². The Kier molecular flexibility index (Phi) is 16.0. The van der Waals surface area contributed by atoms with Gasteiger partial charge in [-0.3, -0.25) is 29.1 Å². The number of hydrogen-bond donors (Lipinski definition) is 1. The zero-order chi connectivity index (χ0) is 61.0. The molecule has 446 valence electrons. The average molecular weight is 1170 g/mol. The molecule has 25 heteroatoms. The number of nitrogens with zero attached hydrogens (tertiary/aromatic N) is 2. The van der Waals surface area contributed by atoms with E-state index in [9.17, 15) is 29.1 Å². The molecule has 2 aromatic heterocycles. The fourth-order valence-electron chi connectivity index (χ4n) is 12.4. The Morgan fingerprint density at radius 2 is 1.35 bits per heavy atom. The molecule has 6 heterocycles. The normalized spacial score (nSPS) is 30.8. The van der Waals surface area contributed by atoms with Crippen LogP contribution in [0.25, 0.3) is 0 Å². The van der Waals surface area contributed by atoms with Crippen molar-refractivity contribution in [2.24, 2.45) is 17.3 Å². The van der Waals surface area contributed by atoms with Crippen molar-refractivity contribution in [3.8, 4) is 17.2 Å². The zero-order valence-electron chi connectivity index (χ0n) is 47.6. The van der Waals surface area contributed by atoms with Crippen molar-refractivity contribution in [3.05, 3.63) is 113 Å². The summed E-state index contributed by atoms with van der Waals surface area (Å²) in [6, 6.07) is 13.9. The lowest BCUT2D eigenvalue weighted by molar-refractivity contribution is -0.386. The largest absolute Gasteiger partial charge is 0.493 e. The van der Waals surface area contributed by atoms with Gasteiger partial charge in [-0.1, -0.05) is 32.0 Å². The van der Waals surface area contributed by atoms with E-state index in [1.54, 1.807) is 13.0 Å². The van der Waals surface area contributed by atoms with E-state index in [-0.39, 0.29) is 50.8 Å². The molecule has 6 aliphatic rings. The SMILES string of the molecule is COc1cc2cc(OC)c1OCc1ccncc1C(=O)OCC13C(OC(=O)C(C)(C)OC(C)=O)C(OC2=O)C2C(OC(C)=O)C14OC2(C)COC(=O)c1cccnc1C(C)C(C)C(=O)OC(C(OC(=O)c1ccccc1)C3OC(C)=O)C4(C)O. The molecule has 25 nitrogen and oxygen atoms in total. The second-order valence-corrected chi connectivity index (χ2v) is 22.0. The highest BCUT2D eigenvalue weighted by molar-refractivity contribution is 5.93. The van der Waals surface area contributed by atoms with E-state index in [1.165, 1.54) is 95.1 Å². The Bertz CT molecular complexity index is 3300. The third-order valence-corrected chi connectivity index (χ3v) is 16.3. The monoisotopic (exact) mass is 1170 g/mol. The molecule has 84 heavy (non-hydrogen) atoms. The maximum Gasteiger partial charge on any atom is 0.350 e. The van der Waals surface area contributed by atoms with Crippen LogP contribution in [-0.2, 0) is 77.9 Å². The highest BCUT2D eigenvalue weighted by atomic mass is 16.7. The number of rotatable bonds is 9. The van der Waals surface area contributed by atoms with Crippen LogP contribution in [0.5, 0.6) is 17.2 Å². The Morgan fingerprint density at radius 1 is 0.702 bits per heavy atom. The first kappa shape index (κ1) is 59.9. The smallest absolute Gasteiger partial charge is 0.350 e. The van der Waals surface area contributed by atoms with Gasteiger partial charge >= 0.3 is 53.7 Å². The Labute approximate surface area is 480 Å². The highest BCUT2D eigenvalue weighted by Crippen LogP contribution is 2.70. The first-order valence-corrected chi connectivity index (χ1v) is 26.6. The van der Waals surface area contributed by atoms with E-state index in [2.05, 4.69) is 9.97 Å². The molecular formula is C59H62N2O23. The quantitative estimate of drug-likeness (QED) is 0.178. The first-order chi connectivity index (χ1) is 39.7. The number of aliphatic hydroxyl groups is 1. The predicted molar refractivity (Wildman–Crippen MR) is 281 cm³/mol. The molecule has 1 N–H and O–H groups in total. The Hall–Kier alpha value is -8.71. The molecular weight excluding hydrogens is 1100 g/mol. The van der Waals surface area contributed by atoms with Crippen molar-refractivity contribution in [3.63, 3.8) is 0 Å². The Morgan fingerprint density at radius 3 is 1.99 bits per heavy atom. The fraction of sp³-hybridized carbons (Fsp3) is 0.475. The maximum absolute atomic E-state index is 15.5. The number of pyridine rings is 2. The van der Waals surface area contributed by atoms with Gasteiger partial charge in [0.15, 0.2) is 41.5 Å². The van der Waals surface area contributed by atoms with Gasteiger partial charge in [-0.25, -0.2) is 24.0 Å². The zero-order valence-corrected chi connectivity index (χ0v) is 47.6. The second-order valence-electron chi connectivity index (χ2n) is 22.0. The third-order valence-electron chi connectivity index (χ3n) is 16.3. The topological polar surface area (TPSA) is 320 Å². The summed E-state index contributed by atoms with van der Waals surface area (Å²) in [5.74, 6) is -15.2. The predicted octanol–water partition coefficient (Wildman–Crippen LogP) is 4.54. The average Bonchev–Trinajstić information content (AvgIpc) is 1.34. The van der Waals surface area contributed by atoms with Gasteiger partial charge in [0.2, 0.25) is 11.4 Å². The molecule has 10 rings (SSSR count). The second kappa shape index (κ2) is 22.5. The molecule has 2 aromatic carbocycles. The molecule has 13 unspecified atom stereocenters. The van der Waals surface area contributed by atoms with Crippen molar-refractivity contribution < 1.29 is 110 Å². The van der Waals surface area contributed by atoms with Gasteiger partial charge in [0.05, 0.1) is 54.0 Å². The van der Waals surface area contributed by atoms with Crippen molar-refractivity contribution in [1.82, 2.24) is 9.97 Å². The molecule has 4 aromatic rings. The summed E-state index contributed by atoms with van der Waals surface area (Å²) in [4.78, 5) is 141. The molecule has 0 radical (unpaired) electrons. The summed E-state index contributed by atoms with van der Waals surface area (Å²) in [6.45, 7) is 7.75. The number of ether oxygens (including phenoxy) is 13. The fourth-order valence-corrected chi connectivity index (χ4v) is 12.4. The third kappa shape index (κ3) is 10.0. The van der Waals surface area contributed by atoms with Gasteiger partial charge in [0.1, 0.15) is 48.6 Å². The van der Waals surface area contributed by atoms with Gasteiger partial charge in [0, 0.05) is 50.8 Å². The summed E-state index contributed by atoms with van der Waals surface area (Å²) in [5.41, 5.74) is -14.7. The first-order valence-electron chi connectivity index (χ1n) is 26.6. The molecule has 1 saturated heterocycles. The summed E-state index contributed by atoms with van der Waals surface area (Å²) in [5, 5.41) is 14.4. The molecule has 8 bridgehead atoms. The molecule has 2 saturated carbocycles. The number of esters is 9. The lowest BCUT2D eigenvalue weighted by Gasteiger charge is -2.67. The lowest BCUT2D eigenvalue weighted by atomic mass is 9.45. The Balaban J connectivity index is 1.47. The lowest BCUT2D eigenvalue weighted by Crippen LogP contribution is -2.89. The number of fused-ring (bicyclic) bond motifs is 11. The van der Waals surface area contributed by atoms with Crippen LogP contribution in [0.3, 0.4) is 0 Å². The number of carbonyl (C=O) groups excluding carboxylic acids is 9. The van der Waals surface area contributed by atoms with Crippen LogP contribution in [0.15, 0.2) is 79.3 Å². The van der Waals surface area contributed by atoms with Crippen molar-refractivity contribution in [1.29, 1.82) is 0 Å². The molecule has 4 aliphatic heterocycles. The van der Waals surface area contributed by atoms with Crippen LogP contribution in [0.1, 0.15) is 121 Å². The molecule has 3 fully saturated rings. The summed E-state index contributed by atoms with van der Waals surface area (Å²) in [7, 11) is 2.52. The number of benzene rings is 2. The summed E-state index contributed by atoms with van der Waals surface area (Å²) in [6.07, 6.45) is -10.3. The van der Waals surface area contributed by atoms with Crippen LogP contribution in [0.2, 0.25) is 0 Å². The highest BCUT2D eigenvalue weighted by Gasteiger charge is 2.92.